The lowest BCUT2D eigenvalue weighted by molar-refractivity contribution is -0.115. The second-order valence-electron chi connectivity index (χ2n) is 9.30. The minimum Gasteiger partial charge on any atom is -0.352 e. The first-order valence-corrected chi connectivity index (χ1v) is 14.8. The van der Waals surface area contributed by atoms with Crippen LogP contribution in [-0.4, -0.2) is 45.4 Å². The molecule has 11 heteroatoms. The number of hydrogen-bond donors (Lipinski definition) is 3. The maximum atomic E-state index is 13.1. The van der Waals surface area contributed by atoms with Crippen molar-refractivity contribution in [1.29, 1.82) is 0 Å². The fourth-order valence-electron chi connectivity index (χ4n) is 4.08. The predicted octanol–water partition coefficient (Wildman–Crippen LogP) is 5.22. The fraction of sp³-hybridized carbons (Fsp3) is 0.179. The number of H-pyrrole nitrogens is 1. The summed E-state index contributed by atoms with van der Waals surface area (Å²) in [5.74, 6) is 0.394. The molecule has 2 heterocycles. The molecule has 0 spiro atoms. The van der Waals surface area contributed by atoms with Gasteiger partial charge in [-0.25, -0.2) is 13.1 Å². The number of sulfonamides is 1. The number of carbonyl (C=O) groups excluding carboxylic acids is 1. The molecule has 1 atom stereocenters. The number of carbonyl (C=O) groups is 1. The third-order valence-electron chi connectivity index (χ3n) is 5.89. The Balaban J connectivity index is 1.37. The van der Waals surface area contributed by atoms with Crippen molar-refractivity contribution in [2.45, 2.75) is 42.1 Å². The zero-order valence-electron chi connectivity index (χ0n) is 21.6. The van der Waals surface area contributed by atoms with Crippen molar-refractivity contribution in [2.75, 3.05) is 5.32 Å². The van der Waals surface area contributed by atoms with Gasteiger partial charge in [0.05, 0.1) is 15.8 Å². The second kappa shape index (κ2) is 11.0. The van der Waals surface area contributed by atoms with E-state index in [0.717, 1.165) is 22.3 Å². The van der Waals surface area contributed by atoms with Crippen LogP contribution < -0.4 is 10.0 Å². The van der Waals surface area contributed by atoms with Gasteiger partial charge in [-0.3, -0.25) is 9.36 Å². The van der Waals surface area contributed by atoms with Crippen LogP contribution in [0.2, 0.25) is 0 Å². The Morgan fingerprint density at radius 2 is 1.62 bits per heavy atom. The van der Waals surface area contributed by atoms with Crippen LogP contribution in [0.4, 0.5) is 5.69 Å². The van der Waals surface area contributed by atoms with Gasteiger partial charge in [-0.15, -0.1) is 10.2 Å². The summed E-state index contributed by atoms with van der Waals surface area (Å²) in [4.78, 5) is 16.6. The molecule has 1 amide bonds. The summed E-state index contributed by atoms with van der Waals surface area (Å²) in [5.41, 5.74) is 3.19. The molecule has 0 bridgehead atoms. The molecular formula is C28H28N6O3S2. The van der Waals surface area contributed by atoms with Gasteiger partial charge in [0, 0.05) is 28.3 Å². The topological polar surface area (TPSA) is 122 Å². The van der Waals surface area contributed by atoms with Crippen LogP contribution in [0.3, 0.4) is 0 Å². The monoisotopic (exact) mass is 560 g/mol. The molecule has 0 unspecified atom stereocenters. The van der Waals surface area contributed by atoms with Crippen molar-refractivity contribution in [3.05, 3.63) is 84.9 Å². The number of amides is 1. The Kier molecular flexibility index (Phi) is 7.56. The molecule has 3 N–H and O–H groups in total. The summed E-state index contributed by atoms with van der Waals surface area (Å²) in [7, 11) is -3.61. The molecule has 200 valence electrons. The van der Waals surface area contributed by atoms with Crippen molar-refractivity contribution in [1.82, 2.24) is 24.5 Å². The lowest BCUT2D eigenvalue weighted by Crippen LogP contribution is -2.30. The summed E-state index contributed by atoms with van der Waals surface area (Å²) in [5, 5.41) is 12.9. The van der Waals surface area contributed by atoms with Gasteiger partial charge in [-0.1, -0.05) is 48.2 Å². The molecule has 39 heavy (non-hydrogen) atoms. The van der Waals surface area contributed by atoms with E-state index < -0.39 is 15.3 Å². The van der Waals surface area contributed by atoms with Crippen LogP contribution in [0.25, 0.3) is 28.1 Å². The summed E-state index contributed by atoms with van der Waals surface area (Å²) in [6.07, 6.45) is 0. The minimum atomic E-state index is -3.61. The van der Waals surface area contributed by atoms with Crippen LogP contribution in [-0.2, 0) is 14.8 Å². The van der Waals surface area contributed by atoms with E-state index in [1.807, 2.05) is 65.2 Å². The molecule has 2 aromatic heterocycles. The fourth-order valence-corrected chi connectivity index (χ4v) is 6.19. The van der Waals surface area contributed by atoms with E-state index in [-0.39, 0.29) is 16.8 Å². The highest BCUT2D eigenvalue weighted by Crippen LogP contribution is 2.31. The average molecular weight is 561 g/mol. The van der Waals surface area contributed by atoms with Crippen molar-refractivity contribution in [2.24, 2.45) is 0 Å². The summed E-state index contributed by atoms with van der Waals surface area (Å²) in [6.45, 7) is 5.30. The van der Waals surface area contributed by atoms with E-state index in [9.17, 15) is 13.2 Å². The van der Waals surface area contributed by atoms with Gasteiger partial charge in [0.2, 0.25) is 15.9 Å². The number of hydrogen-bond acceptors (Lipinski definition) is 6. The van der Waals surface area contributed by atoms with Gasteiger partial charge in [-0.2, -0.15) is 0 Å². The van der Waals surface area contributed by atoms with Gasteiger partial charge in [0.25, 0.3) is 0 Å². The lowest BCUT2D eigenvalue weighted by Gasteiger charge is -2.14. The van der Waals surface area contributed by atoms with E-state index in [1.165, 1.54) is 23.9 Å². The smallest absolute Gasteiger partial charge is 0.240 e. The normalized spacial score (nSPS) is 12.6. The number of aromatic amines is 1. The molecule has 9 nitrogen and oxygen atoms in total. The lowest BCUT2D eigenvalue weighted by atomic mass is 10.2. The van der Waals surface area contributed by atoms with E-state index in [4.69, 9.17) is 0 Å². The third kappa shape index (κ3) is 5.90. The number of fused-ring (bicyclic) bond motifs is 1. The average Bonchev–Trinajstić information content (AvgIpc) is 3.53. The molecular weight excluding hydrogens is 532 g/mol. The third-order valence-corrected chi connectivity index (χ3v) is 8.61. The Morgan fingerprint density at radius 1 is 0.923 bits per heavy atom. The Labute approximate surface area is 231 Å². The molecule has 5 rings (SSSR count). The maximum absolute atomic E-state index is 13.1. The zero-order valence-corrected chi connectivity index (χ0v) is 23.3. The molecule has 0 aliphatic heterocycles. The highest BCUT2D eigenvalue weighted by molar-refractivity contribution is 8.00. The SMILES string of the molecule is CC(C)NS(=O)(=O)c1ccc(NC(=O)[C@H](C)Sc2nnc(-c3cc4ccccc4[nH]3)n2-c2ccccc2)cc1. The van der Waals surface area contributed by atoms with Crippen molar-refractivity contribution in [3.8, 4) is 17.2 Å². The maximum Gasteiger partial charge on any atom is 0.240 e. The van der Waals surface area contributed by atoms with Gasteiger partial charge in [-0.05, 0) is 69.3 Å². The number of thioether (sulfide) groups is 1. The van der Waals surface area contributed by atoms with Gasteiger partial charge in [0.15, 0.2) is 11.0 Å². The highest BCUT2D eigenvalue weighted by Gasteiger charge is 2.23. The molecule has 5 aromatic rings. The Morgan fingerprint density at radius 3 is 2.31 bits per heavy atom. The first-order valence-electron chi connectivity index (χ1n) is 12.4. The van der Waals surface area contributed by atoms with Crippen molar-refractivity contribution < 1.29 is 13.2 Å². The number of anilines is 1. The largest absolute Gasteiger partial charge is 0.352 e. The van der Waals surface area contributed by atoms with Crippen LogP contribution in [0, 0.1) is 0 Å². The molecule has 0 aliphatic rings. The number of nitrogens with zero attached hydrogens (tertiary/aromatic N) is 3. The number of aromatic nitrogens is 4. The van der Waals surface area contributed by atoms with Gasteiger partial charge in [0.1, 0.15) is 0 Å². The van der Waals surface area contributed by atoms with E-state index in [2.05, 4.69) is 25.2 Å². The Hall–Kier alpha value is -3.93. The molecule has 0 aliphatic carbocycles. The number of benzene rings is 3. The summed E-state index contributed by atoms with van der Waals surface area (Å²) in [6, 6.07) is 25.6. The molecule has 0 saturated heterocycles. The minimum absolute atomic E-state index is 0.136. The van der Waals surface area contributed by atoms with Crippen LogP contribution in [0.1, 0.15) is 20.8 Å². The first kappa shape index (κ1) is 26.7. The number of rotatable bonds is 9. The number of nitrogens with one attached hydrogen (secondary N) is 3. The van der Waals surface area contributed by atoms with Crippen molar-refractivity contribution >= 4 is 44.3 Å². The molecule has 0 fully saturated rings. The van der Waals surface area contributed by atoms with E-state index >= 15 is 0 Å². The van der Waals surface area contributed by atoms with E-state index in [1.54, 1.807) is 32.9 Å². The van der Waals surface area contributed by atoms with Crippen LogP contribution in [0.5, 0.6) is 0 Å². The first-order chi connectivity index (χ1) is 18.7. The van der Waals surface area contributed by atoms with Crippen molar-refractivity contribution in [3.63, 3.8) is 0 Å². The standard InChI is InChI=1S/C28H28N6O3S2/c1-18(2)33-39(36,37)23-15-13-21(14-16-23)29-27(35)19(3)38-28-32-31-26(34(28)22-10-5-4-6-11-22)25-17-20-9-7-8-12-24(20)30-25/h4-19,30,33H,1-3H3,(H,29,35)/t19-/m0/s1. The van der Waals surface area contributed by atoms with Gasteiger partial charge < -0.3 is 10.3 Å². The highest BCUT2D eigenvalue weighted by atomic mass is 32.2. The number of para-hydroxylation sites is 2. The van der Waals surface area contributed by atoms with Crippen LogP contribution in [0.15, 0.2) is 95.0 Å². The second-order valence-corrected chi connectivity index (χ2v) is 12.3. The predicted molar refractivity (Wildman–Crippen MR) is 154 cm³/mol. The quantitative estimate of drug-likeness (QED) is 0.213. The van der Waals surface area contributed by atoms with E-state index in [0.29, 0.717) is 16.7 Å². The molecule has 0 radical (unpaired) electrons. The van der Waals surface area contributed by atoms with Crippen LogP contribution >= 0.6 is 11.8 Å². The zero-order chi connectivity index (χ0) is 27.6. The summed E-state index contributed by atoms with van der Waals surface area (Å²) >= 11 is 1.29. The Bertz CT molecular complexity index is 1680. The summed E-state index contributed by atoms with van der Waals surface area (Å²) < 4.78 is 29.2. The molecule has 0 saturated carbocycles. The molecule has 3 aromatic carbocycles. The van der Waals surface area contributed by atoms with Gasteiger partial charge >= 0.3 is 0 Å².